The van der Waals surface area contributed by atoms with Crippen molar-refractivity contribution in [3.8, 4) is 0 Å². The molecule has 0 aromatic heterocycles. The summed E-state index contributed by atoms with van der Waals surface area (Å²) in [5.74, 6) is -2.13. The summed E-state index contributed by atoms with van der Waals surface area (Å²) in [6, 6.07) is 4.16. The van der Waals surface area contributed by atoms with E-state index < -0.39 is 17.7 Å². The van der Waals surface area contributed by atoms with Gasteiger partial charge in [0.25, 0.3) is 5.91 Å². The van der Waals surface area contributed by atoms with Crippen LogP contribution < -0.4 is 5.32 Å². The molecule has 114 valence electrons. The standard InChI is InChI=1S/C15H17BrFNO3/c16-12-6-5-9(7-13(12)17)14(19)18-8-10-3-1-2-4-11(10)15(20)21/h5-7,10-11H,1-4,8H2,(H,18,19)(H,20,21). The molecule has 0 saturated heterocycles. The van der Waals surface area contributed by atoms with Gasteiger partial charge in [-0.05, 0) is 52.9 Å². The van der Waals surface area contributed by atoms with Gasteiger partial charge in [0.05, 0.1) is 10.4 Å². The summed E-state index contributed by atoms with van der Waals surface area (Å²) in [5.41, 5.74) is 0.235. The second kappa shape index (κ2) is 7.02. The molecule has 0 bridgehead atoms. The molecule has 21 heavy (non-hydrogen) atoms. The van der Waals surface area contributed by atoms with Gasteiger partial charge < -0.3 is 10.4 Å². The number of carboxylic acid groups (broad SMARTS) is 1. The molecule has 2 N–H and O–H groups in total. The summed E-state index contributed by atoms with van der Waals surface area (Å²) in [5, 5.41) is 11.9. The Balaban J connectivity index is 1.96. The van der Waals surface area contributed by atoms with Crippen LogP contribution in [0.5, 0.6) is 0 Å². The molecular formula is C15H17BrFNO3. The Morgan fingerprint density at radius 1 is 1.33 bits per heavy atom. The molecule has 1 aromatic carbocycles. The van der Waals surface area contributed by atoms with Gasteiger partial charge in [0, 0.05) is 12.1 Å². The van der Waals surface area contributed by atoms with Crippen LogP contribution in [-0.2, 0) is 4.79 Å². The summed E-state index contributed by atoms with van der Waals surface area (Å²) in [7, 11) is 0. The maximum atomic E-state index is 13.4. The van der Waals surface area contributed by atoms with Crippen molar-refractivity contribution in [1.82, 2.24) is 5.32 Å². The first kappa shape index (κ1) is 15.9. The summed E-state index contributed by atoms with van der Waals surface area (Å²) in [4.78, 5) is 23.2. The smallest absolute Gasteiger partial charge is 0.306 e. The first-order valence-corrected chi connectivity index (χ1v) is 7.74. The van der Waals surface area contributed by atoms with E-state index in [0.717, 1.165) is 25.3 Å². The number of hydrogen-bond donors (Lipinski definition) is 2. The van der Waals surface area contributed by atoms with Crippen molar-refractivity contribution in [2.24, 2.45) is 11.8 Å². The van der Waals surface area contributed by atoms with Gasteiger partial charge in [-0.2, -0.15) is 0 Å². The number of hydrogen-bond acceptors (Lipinski definition) is 2. The van der Waals surface area contributed by atoms with Crippen molar-refractivity contribution in [2.75, 3.05) is 6.54 Å². The van der Waals surface area contributed by atoms with Crippen LogP contribution >= 0.6 is 15.9 Å². The first-order chi connectivity index (χ1) is 9.99. The van der Waals surface area contributed by atoms with E-state index in [1.54, 1.807) is 0 Å². The number of rotatable bonds is 4. The fourth-order valence-corrected chi connectivity index (χ4v) is 2.99. The number of amides is 1. The highest BCUT2D eigenvalue weighted by atomic mass is 79.9. The minimum Gasteiger partial charge on any atom is -0.481 e. The Morgan fingerprint density at radius 3 is 2.71 bits per heavy atom. The molecular weight excluding hydrogens is 341 g/mol. The Bertz CT molecular complexity index is 550. The van der Waals surface area contributed by atoms with Crippen LogP contribution in [0.2, 0.25) is 0 Å². The molecule has 1 aliphatic carbocycles. The highest BCUT2D eigenvalue weighted by Crippen LogP contribution is 2.29. The number of nitrogens with one attached hydrogen (secondary N) is 1. The Hall–Kier alpha value is -1.43. The zero-order valence-corrected chi connectivity index (χ0v) is 13.0. The first-order valence-electron chi connectivity index (χ1n) is 6.95. The zero-order chi connectivity index (χ0) is 15.4. The van der Waals surface area contributed by atoms with E-state index in [1.807, 2.05) is 0 Å². The molecule has 1 amide bonds. The van der Waals surface area contributed by atoms with Crippen LogP contribution in [0.15, 0.2) is 22.7 Å². The molecule has 4 nitrogen and oxygen atoms in total. The monoisotopic (exact) mass is 357 g/mol. The highest BCUT2D eigenvalue weighted by molar-refractivity contribution is 9.10. The van der Waals surface area contributed by atoms with Gasteiger partial charge in [0.1, 0.15) is 5.82 Å². The lowest BCUT2D eigenvalue weighted by Crippen LogP contribution is -2.37. The molecule has 0 spiro atoms. The van der Waals surface area contributed by atoms with Crippen molar-refractivity contribution in [3.63, 3.8) is 0 Å². The topological polar surface area (TPSA) is 66.4 Å². The number of aliphatic carboxylic acids is 1. The molecule has 0 radical (unpaired) electrons. The fourth-order valence-electron chi connectivity index (χ4n) is 2.74. The molecule has 1 aromatic rings. The zero-order valence-electron chi connectivity index (χ0n) is 11.4. The predicted molar refractivity (Wildman–Crippen MR) is 79.5 cm³/mol. The summed E-state index contributed by atoms with van der Waals surface area (Å²) >= 11 is 3.03. The van der Waals surface area contributed by atoms with Crippen molar-refractivity contribution in [1.29, 1.82) is 0 Å². The molecule has 1 aliphatic rings. The number of carbonyl (C=O) groups excluding carboxylic acids is 1. The Morgan fingerprint density at radius 2 is 2.05 bits per heavy atom. The molecule has 2 unspecified atom stereocenters. The molecule has 2 atom stereocenters. The fraction of sp³-hybridized carbons (Fsp3) is 0.467. The van der Waals surface area contributed by atoms with Crippen LogP contribution in [0.4, 0.5) is 4.39 Å². The number of carboxylic acids is 1. The third kappa shape index (κ3) is 4.03. The maximum absolute atomic E-state index is 13.4. The minimum absolute atomic E-state index is 0.0551. The van der Waals surface area contributed by atoms with Gasteiger partial charge in [-0.25, -0.2) is 4.39 Å². The van der Waals surface area contributed by atoms with Crippen LogP contribution in [0.25, 0.3) is 0 Å². The van der Waals surface area contributed by atoms with E-state index >= 15 is 0 Å². The Labute approximate surface area is 130 Å². The largest absolute Gasteiger partial charge is 0.481 e. The third-order valence-corrected chi connectivity index (χ3v) is 4.58. The number of halogens is 2. The van der Waals surface area contributed by atoms with E-state index in [4.69, 9.17) is 0 Å². The molecule has 6 heteroatoms. The van der Waals surface area contributed by atoms with Gasteiger partial charge in [-0.3, -0.25) is 9.59 Å². The molecule has 1 saturated carbocycles. The minimum atomic E-state index is -0.802. The molecule has 2 rings (SSSR count). The van der Waals surface area contributed by atoms with Crippen molar-refractivity contribution in [2.45, 2.75) is 25.7 Å². The lowest BCUT2D eigenvalue weighted by atomic mass is 9.79. The van der Waals surface area contributed by atoms with Gasteiger partial charge in [0.15, 0.2) is 0 Å². The predicted octanol–water partition coefficient (Wildman–Crippen LogP) is 3.21. The number of benzene rings is 1. The van der Waals surface area contributed by atoms with Gasteiger partial charge in [-0.1, -0.05) is 12.8 Å². The van der Waals surface area contributed by atoms with E-state index in [2.05, 4.69) is 21.2 Å². The van der Waals surface area contributed by atoms with Crippen molar-refractivity contribution in [3.05, 3.63) is 34.1 Å². The van der Waals surface area contributed by atoms with Gasteiger partial charge in [-0.15, -0.1) is 0 Å². The third-order valence-electron chi connectivity index (χ3n) is 3.93. The maximum Gasteiger partial charge on any atom is 0.306 e. The van der Waals surface area contributed by atoms with Crippen LogP contribution in [0.3, 0.4) is 0 Å². The van der Waals surface area contributed by atoms with Crippen molar-refractivity contribution < 1.29 is 19.1 Å². The van der Waals surface area contributed by atoms with Gasteiger partial charge in [0.2, 0.25) is 0 Å². The summed E-state index contributed by atoms with van der Waals surface area (Å²) < 4.78 is 13.7. The van der Waals surface area contributed by atoms with Gasteiger partial charge >= 0.3 is 5.97 Å². The molecule has 1 fully saturated rings. The average Bonchev–Trinajstić information content (AvgIpc) is 2.47. The normalized spacial score (nSPS) is 21.8. The lowest BCUT2D eigenvalue weighted by Gasteiger charge is -2.28. The quantitative estimate of drug-likeness (QED) is 0.869. The average molecular weight is 358 g/mol. The summed E-state index contributed by atoms with van der Waals surface area (Å²) in [6.45, 7) is 0.313. The van der Waals surface area contributed by atoms with Crippen LogP contribution in [0, 0.1) is 17.7 Å². The second-order valence-corrected chi connectivity index (χ2v) is 6.18. The van der Waals surface area contributed by atoms with Crippen LogP contribution in [0.1, 0.15) is 36.0 Å². The van der Waals surface area contributed by atoms with E-state index in [1.165, 1.54) is 12.1 Å². The second-order valence-electron chi connectivity index (χ2n) is 5.33. The lowest BCUT2D eigenvalue weighted by molar-refractivity contribution is -0.144. The van der Waals surface area contributed by atoms with E-state index in [9.17, 15) is 19.1 Å². The van der Waals surface area contributed by atoms with Crippen LogP contribution in [-0.4, -0.2) is 23.5 Å². The number of carbonyl (C=O) groups is 2. The highest BCUT2D eigenvalue weighted by Gasteiger charge is 2.30. The Kier molecular flexibility index (Phi) is 5.33. The van der Waals surface area contributed by atoms with E-state index in [-0.39, 0.29) is 17.4 Å². The molecule has 0 aliphatic heterocycles. The molecule has 0 heterocycles. The van der Waals surface area contributed by atoms with E-state index in [0.29, 0.717) is 17.4 Å². The SMILES string of the molecule is O=C(NCC1CCCCC1C(=O)O)c1ccc(Br)c(F)c1. The van der Waals surface area contributed by atoms with Crippen molar-refractivity contribution >= 4 is 27.8 Å². The summed E-state index contributed by atoms with van der Waals surface area (Å²) in [6.07, 6.45) is 3.35.